The summed E-state index contributed by atoms with van der Waals surface area (Å²) in [6, 6.07) is 6.62. The summed E-state index contributed by atoms with van der Waals surface area (Å²) in [5.41, 5.74) is 0.609. The minimum atomic E-state index is -0.491. The highest BCUT2D eigenvalue weighted by molar-refractivity contribution is 9.10. The van der Waals surface area contributed by atoms with Crippen LogP contribution in [-0.4, -0.2) is 12.1 Å². The van der Waals surface area contributed by atoms with Gasteiger partial charge in [-0.2, -0.15) is 4.39 Å². The van der Waals surface area contributed by atoms with E-state index in [4.69, 9.17) is 4.74 Å². The van der Waals surface area contributed by atoms with Crippen LogP contribution in [0, 0.1) is 5.95 Å². The summed E-state index contributed by atoms with van der Waals surface area (Å²) < 4.78 is 18.7. The summed E-state index contributed by atoms with van der Waals surface area (Å²) in [6.45, 7) is 0. The van der Waals surface area contributed by atoms with E-state index in [-0.39, 0.29) is 0 Å². The van der Waals surface area contributed by atoms with Crippen LogP contribution < -0.4 is 4.74 Å². The summed E-state index contributed by atoms with van der Waals surface area (Å²) in [6.07, 6.45) is 0. The monoisotopic (exact) mass is 255 g/mol. The maximum absolute atomic E-state index is 12.9. The lowest BCUT2D eigenvalue weighted by molar-refractivity contribution is 0.415. The zero-order valence-corrected chi connectivity index (χ0v) is 9.01. The number of pyridine rings is 1. The highest BCUT2D eigenvalue weighted by atomic mass is 79.9. The molecule has 2 rings (SSSR count). The molecule has 0 amide bonds. The van der Waals surface area contributed by atoms with Crippen molar-refractivity contribution in [2.75, 3.05) is 7.11 Å². The maximum Gasteiger partial charge on any atom is 0.214 e. The zero-order valence-electron chi connectivity index (χ0n) is 7.42. The molecule has 0 radical (unpaired) electrons. The molecule has 0 bridgehead atoms. The summed E-state index contributed by atoms with van der Waals surface area (Å²) >= 11 is 3.28. The van der Waals surface area contributed by atoms with Crippen LogP contribution in [0.1, 0.15) is 0 Å². The van der Waals surface area contributed by atoms with Crippen LogP contribution in [0.25, 0.3) is 10.9 Å². The Balaban J connectivity index is 2.75. The standard InChI is InChI=1S/C10H7BrFNO/c1-14-6-2-3-9-7(4-6)8(11)5-10(12)13-9/h2-5H,1H3. The Bertz CT molecular complexity index is 487. The van der Waals surface area contributed by atoms with Crippen LogP contribution in [0.5, 0.6) is 5.75 Å². The summed E-state index contributed by atoms with van der Waals surface area (Å²) in [4.78, 5) is 3.76. The van der Waals surface area contributed by atoms with Gasteiger partial charge >= 0.3 is 0 Å². The molecule has 14 heavy (non-hydrogen) atoms. The van der Waals surface area contributed by atoms with E-state index in [2.05, 4.69) is 20.9 Å². The van der Waals surface area contributed by atoms with E-state index >= 15 is 0 Å². The first kappa shape index (κ1) is 9.40. The van der Waals surface area contributed by atoms with Crippen LogP contribution >= 0.6 is 15.9 Å². The van der Waals surface area contributed by atoms with E-state index in [1.165, 1.54) is 6.07 Å². The van der Waals surface area contributed by atoms with Crippen LogP contribution in [0.15, 0.2) is 28.7 Å². The Labute approximate surface area is 88.8 Å². The van der Waals surface area contributed by atoms with Gasteiger partial charge in [0.25, 0.3) is 0 Å². The number of fused-ring (bicyclic) bond motifs is 1. The number of rotatable bonds is 1. The first-order valence-electron chi connectivity index (χ1n) is 4.00. The molecule has 0 saturated heterocycles. The van der Waals surface area contributed by atoms with E-state index < -0.39 is 5.95 Å². The predicted octanol–water partition coefficient (Wildman–Crippen LogP) is 3.15. The van der Waals surface area contributed by atoms with Gasteiger partial charge in [-0.05, 0) is 34.1 Å². The Morgan fingerprint density at radius 2 is 2.14 bits per heavy atom. The normalized spacial score (nSPS) is 10.5. The zero-order chi connectivity index (χ0) is 10.1. The first-order valence-corrected chi connectivity index (χ1v) is 4.80. The topological polar surface area (TPSA) is 22.1 Å². The Hall–Kier alpha value is -1.16. The molecule has 0 aliphatic carbocycles. The summed E-state index contributed by atoms with van der Waals surface area (Å²) in [5.74, 6) is 0.237. The molecule has 0 spiro atoms. The van der Waals surface area contributed by atoms with E-state index in [1.54, 1.807) is 19.2 Å². The molecule has 0 N–H and O–H groups in total. The fraction of sp³-hybridized carbons (Fsp3) is 0.100. The molecule has 0 atom stereocenters. The maximum atomic E-state index is 12.9. The third-order valence-electron chi connectivity index (χ3n) is 1.93. The molecule has 0 aliphatic rings. The van der Waals surface area contributed by atoms with Gasteiger partial charge in [-0.3, -0.25) is 0 Å². The molecular formula is C10H7BrFNO. The molecule has 0 saturated carbocycles. The van der Waals surface area contributed by atoms with Crippen molar-refractivity contribution in [3.8, 4) is 5.75 Å². The minimum Gasteiger partial charge on any atom is -0.497 e. The molecule has 1 aromatic heterocycles. The third kappa shape index (κ3) is 1.57. The Morgan fingerprint density at radius 1 is 1.36 bits per heavy atom. The van der Waals surface area contributed by atoms with Gasteiger partial charge in [-0.15, -0.1) is 0 Å². The number of aromatic nitrogens is 1. The third-order valence-corrected chi connectivity index (χ3v) is 2.59. The Morgan fingerprint density at radius 3 is 2.86 bits per heavy atom. The van der Waals surface area contributed by atoms with Crippen molar-refractivity contribution in [1.29, 1.82) is 0 Å². The van der Waals surface area contributed by atoms with Gasteiger partial charge in [-0.1, -0.05) is 0 Å². The van der Waals surface area contributed by atoms with Crippen molar-refractivity contribution in [2.45, 2.75) is 0 Å². The lowest BCUT2D eigenvalue weighted by Gasteiger charge is -2.03. The number of halogens is 2. The Kier molecular flexibility index (Phi) is 2.37. The molecule has 1 heterocycles. The van der Waals surface area contributed by atoms with Crippen LogP contribution in [0.4, 0.5) is 4.39 Å². The molecule has 72 valence electrons. The van der Waals surface area contributed by atoms with Crippen molar-refractivity contribution < 1.29 is 9.13 Å². The van der Waals surface area contributed by atoms with Gasteiger partial charge < -0.3 is 4.74 Å². The van der Waals surface area contributed by atoms with Gasteiger partial charge in [-0.25, -0.2) is 4.98 Å². The number of methoxy groups -OCH3 is 1. The van der Waals surface area contributed by atoms with E-state index in [0.717, 1.165) is 11.1 Å². The highest BCUT2D eigenvalue weighted by Crippen LogP contribution is 2.26. The van der Waals surface area contributed by atoms with Crippen LogP contribution in [0.2, 0.25) is 0 Å². The highest BCUT2D eigenvalue weighted by Gasteiger charge is 2.04. The van der Waals surface area contributed by atoms with E-state index in [1.807, 2.05) is 6.07 Å². The number of ether oxygens (including phenoxy) is 1. The summed E-state index contributed by atoms with van der Waals surface area (Å²) in [7, 11) is 1.59. The number of nitrogens with zero attached hydrogens (tertiary/aromatic N) is 1. The molecular weight excluding hydrogens is 249 g/mol. The van der Waals surface area contributed by atoms with Crippen LogP contribution in [0.3, 0.4) is 0 Å². The SMILES string of the molecule is COc1ccc2nc(F)cc(Br)c2c1. The quantitative estimate of drug-likeness (QED) is 0.731. The van der Waals surface area contributed by atoms with Crippen molar-refractivity contribution in [3.05, 3.63) is 34.7 Å². The fourth-order valence-corrected chi connectivity index (χ4v) is 1.77. The minimum absolute atomic E-state index is 0.491. The second kappa shape index (κ2) is 3.53. The smallest absolute Gasteiger partial charge is 0.214 e. The second-order valence-corrected chi connectivity index (χ2v) is 3.66. The second-order valence-electron chi connectivity index (χ2n) is 2.81. The van der Waals surface area contributed by atoms with E-state index in [9.17, 15) is 4.39 Å². The van der Waals surface area contributed by atoms with Gasteiger partial charge in [0.2, 0.25) is 5.95 Å². The fourth-order valence-electron chi connectivity index (χ4n) is 1.26. The molecule has 1 aromatic carbocycles. The molecule has 0 fully saturated rings. The number of hydrogen-bond donors (Lipinski definition) is 0. The predicted molar refractivity (Wildman–Crippen MR) is 56.0 cm³/mol. The molecule has 2 aromatic rings. The van der Waals surface area contributed by atoms with Crippen LogP contribution in [-0.2, 0) is 0 Å². The van der Waals surface area contributed by atoms with Crippen molar-refractivity contribution in [3.63, 3.8) is 0 Å². The van der Waals surface area contributed by atoms with E-state index in [0.29, 0.717) is 9.99 Å². The number of hydrogen-bond acceptors (Lipinski definition) is 2. The average Bonchev–Trinajstić information content (AvgIpc) is 2.17. The van der Waals surface area contributed by atoms with Gasteiger partial charge in [0.1, 0.15) is 5.75 Å². The summed E-state index contributed by atoms with van der Waals surface area (Å²) in [5, 5.41) is 0.839. The first-order chi connectivity index (χ1) is 6.70. The van der Waals surface area contributed by atoms with Gasteiger partial charge in [0, 0.05) is 15.9 Å². The largest absolute Gasteiger partial charge is 0.497 e. The molecule has 4 heteroatoms. The lowest BCUT2D eigenvalue weighted by Crippen LogP contribution is -1.88. The van der Waals surface area contributed by atoms with Gasteiger partial charge in [0.05, 0.1) is 12.6 Å². The van der Waals surface area contributed by atoms with Crippen molar-refractivity contribution >= 4 is 26.8 Å². The average molecular weight is 256 g/mol. The molecule has 2 nitrogen and oxygen atoms in total. The van der Waals surface area contributed by atoms with Crippen molar-refractivity contribution in [1.82, 2.24) is 4.98 Å². The lowest BCUT2D eigenvalue weighted by atomic mass is 10.2. The van der Waals surface area contributed by atoms with Crippen molar-refractivity contribution in [2.24, 2.45) is 0 Å². The molecule has 0 aliphatic heterocycles. The molecule has 0 unspecified atom stereocenters. The number of benzene rings is 1. The van der Waals surface area contributed by atoms with Gasteiger partial charge in [0.15, 0.2) is 0 Å².